The van der Waals surface area contributed by atoms with Crippen LogP contribution in [-0.4, -0.2) is 25.8 Å². The lowest BCUT2D eigenvalue weighted by Gasteiger charge is -2.11. The Morgan fingerprint density at radius 2 is 1.80 bits per heavy atom. The first kappa shape index (κ1) is 15.7. The van der Waals surface area contributed by atoms with Crippen LogP contribution in [0.25, 0.3) is 33.4 Å². The van der Waals surface area contributed by atoms with Gasteiger partial charge in [0.05, 0.1) is 24.3 Å². The van der Waals surface area contributed by atoms with Gasteiger partial charge in [-0.2, -0.15) is 0 Å². The van der Waals surface area contributed by atoms with Crippen LogP contribution in [0.4, 0.5) is 0 Å². The highest BCUT2D eigenvalue weighted by molar-refractivity contribution is 5.98. The van der Waals surface area contributed by atoms with Gasteiger partial charge in [-0.05, 0) is 19.1 Å². The molecule has 0 atom stereocenters. The highest BCUT2D eigenvalue weighted by atomic mass is 16.3. The van der Waals surface area contributed by atoms with Crippen molar-refractivity contribution in [2.45, 2.75) is 20.0 Å². The smallest absolute Gasteiger partial charge is 0.0963 e. The van der Waals surface area contributed by atoms with Gasteiger partial charge < -0.3 is 14.2 Å². The molecule has 4 heteroatoms. The van der Waals surface area contributed by atoms with Crippen LogP contribution >= 0.6 is 0 Å². The molecular formula is C21H21N3O. The molecule has 0 aliphatic carbocycles. The number of aromatic nitrogens is 3. The summed E-state index contributed by atoms with van der Waals surface area (Å²) < 4.78 is 4.29. The van der Waals surface area contributed by atoms with Crippen LogP contribution in [0.3, 0.4) is 0 Å². The topological polar surface area (TPSA) is 43.0 Å². The molecule has 0 aliphatic rings. The van der Waals surface area contributed by atoms with E-state index < -0.39 is 0 Å². The molecule has 0 amide bonds. The Kier molecular flexibility index (Phi) is 4.12. The van der Waals surface area contributed by atoms with Gasteiger partial charge in [0.15, 0.2) is 0 Å². The first-order valence-corrected chi connectivity index (χ1v) is 8.63. The predicted octanol–water partition coefficient (Wildman–Crippen LogP) is 4.18. The summed E-state index contributed by atoms with van der Waals surface area (Å²) in [5.41, 5.74) is 5.46. The lowest BCUT2D eigenvalue weighted by molar-refractivity contribution is 0.276. The molecule has 4 aromatic rings. The minimum atomic E-state index is 0.0868. The largest absolute Gasteiger partial charge is 0.395 e. The zero-order valence-electron chi connectivity index (χ0n) is 14.3. The third-order valence-corrected chi connectivity index (χ3v) is 4.64. The zero-order valence-corrected chi connectivity index (χ0v) is 14.3. The number of aryl methyl sites for hydroxylation is 1. The van der Waals surface area contributed by atoms with E-state index in [1.807, 2.05) is 29.1 Å². The maximum atomic E-state index is 9.47. The Balaban J connectivity index is 1.99. The van der Waals surface area contributed by atoms with Crippen molar-refractivity contribution in [3.8, 4) is 22.5 Å². The SMILES string of the molecule is CCn1ccc2c(-c3c(-c4ccccc4)ncn3CCO)cccc21. The summed E-state index contributed by atoms with van der Waals surface area (Å²) in [5, 5.41) is 10.7. The monoisotopic (exact) mass is 331 g/mol. The van der Waals surface area contributed by atoms with Crippen molar-refractivity contribution in [3.05, 3.63) is 67.1 Å². The van der Waals surface area contributed by atoms with Crippen molar-refractivity contribution >= 4 is 10.9 Å². The van der Waals surface area contributed by atoms with E-state index in [-0.39, 0.29) is 6.61 Å². The molecule has 2 aromatic carbocycles. The van der Waals surface area contributed by atoms with Crippen LogP contribution in [0.2, 0.25) is 0 Å². The lowest BCUT2D eigenvalue weighted by Crippen LogP contribution is -2.03. The number of aliphatic hydroxyl groups excluding tert-OH is 1. The number of imidazole rings is 1. The molecule has 126 valence electrons. The Hall–Kier alpha value is -2.85. The normalized spacial score (nSPS) is 11.3. The molecule has 0 saturated carbocycles. The van der Waals surface area contributed by atoms with E-state index >= 15 is 0 Å². The van der Waals surface area contributed by atoms with Gasteiger partial charge in [0.1, 0.15) is 0 Å². The van der Waals surface area contributed by atoms with Crippen molar-refractivity contribution in [1.29, 1.82) is 0 Å². The highest BCUT2D eigenvalue weighted by Gasteiger charge is 2.17. The summed E-state index contributed by atoms with van der Waals surface area (Å²) in [6.45, 7) is 3.70. The van der Waals surface area contributed by atoms with Crippen LogP contribution in [0, 0.1) is 0 Å². The lowest BCUT2D eigenvalue weighted by atomic mass is 10.0. The van der Waals surface area contributed by atoms with Crippen LogP contribution in [0.5, 0.6) is 0 Å². The number of benzene rings is 2. The average Bonchev–Trinajstić information content (AvgIpc) is 3.26. The number of rotatable bonds is 5. The zero-order chi connectivity index (χ0) is 17.2. The first-order chi connectivity index (χ1) is 12.3. The summed E-state index contributed by atoms with van der Waals surface area (Å²) >= 11 is 0. The van der Waals surface area contributed by atoms with Gasteiger partial charge in [0.2, 0.25) is 0 Å². The highest BCUT2D eigenvalue weighted by Crippen LogP contribution is 2.36. The van der Waals surface area contributed by atoms with Crippen LogP contribution in [-0.2, 0) is 13.1 Å². The minimum absolute atomic E-state index is 0.0868. The molecule has 0 bridgehead atoms. The average molecular weight is 331 g/mol. The molecule has 4 nitrogen and oxygen atoms in total. The molecule has 0 saturated heterocycles. The fourth-order valence-corrected chi connectivity index (χ4v) is 3.45. The molecule has 0 fully saturated rings. The quantitative estimate of drug-likeness (QED) is 0.596. The second-order valence-electron chi connectivity index (χ2n) is 6.06. The summed E-state index contributed by atoms with van der Waals surface area (Å²) in [5.74, 6) is 0. The van der Waals surface area contributed by atoms with E-state index in [4.69, 9.17) is 0 Å². The third kappa shape index (κ3) is 2.65. The molecule has 0 radical (unpaired) electrons. The molecular weight excluding hydrogens is 310 g/mol. The number of hydrogen-bond donors (Lipinski definition) is 1. The molecule has 2 heterocycles. The van der Waals surface area contributed by atoms with Gasteiger partial charge in [-0.15, -0.1) is 0 Å². The van der Waals surface area contributed by atoms with Crippen LogP contribution in [0.15, 0.2) is 67.1 Å². The van der Waals surface area contributed by atoms with Gasteiger partial charge in [-0.3, -0.25) is 0 Å². The fraction of sp³-hybridized carbons (Fsp3) is 0.190. The first-order valence-electron chi connectivity index (χ1n) is 8.63. The summed E-state index contributed by atoms with van der Waals surface area (Å²) in [6, 6.07) is 18.8. The number of hydrogen-bond acceptors (Lipinski definition) is 2. The van der Waals surface area contributed by atoms with Crippen molar-refractivity contribution in [2.75, 3.05) is 6.61 Å². The van der Waals surface area contributed by atoms with Gasteiger partial charge >= 0.3 is 0 Å². The molecule has 0 spiro atoms. The summed E-state index contributed by atoms with van der Waals surface area (Å²) in [7, 11) is 0. The van der Waals surface area contributed by atoms with Gasteiger partial charge in [-0.1, -0.05) is 42.5 Å². The molecule has 25 heavy (non-hydrogen) atoms. The van der Waals surface area contributed by atoms with Crippen molar-refractivity contribution < 1.29 is 5.11 Å². The summed E-state index contributed by atoms with van der Waals surface area (Å²) in [6.07, 6.45) is 3.95. The Labute approximate surface area is 147 Å². The van der Waals surface area contributed by atoms with E-state index in [9.17, 15) is 5.11 Å². The predicted molar refractivity (Wildman–Crippen MR) is 101 cm³/mol. The van der Waals surface area contributed by atoms with E-state index in [0.717, 1.165) is 29.1 Å². The molecule has 4 rings (SSSR count). The Bertz CT molecular complexity index is 999. The second-order valence-corrected chi connectivity index (χ2v) is 6.06. The standard InChI is InChI=1S/C21H21N3O/c1-2-23-12-11-17-18(9-6-10-19(17)23)21-20(16-7-4-3-5-8-16)22-15-24(21)13-14-25/h3-12,15,25H,2,13-14H2,1H3. The van der Waals surface area contributed by atoms with E-state index in [0.29, 0.717) is 6.54 Å². The second kappa shape index (κ2) is 6.57. The van der Waals surface area contributed by atoms with E-state index in [1.165, 1.54) is 10.9 Å². The number of aliphatic hydroxyl groups is 1. The maximum Gasteiger partial charge on any atom is 0.0963 e. The minimum Gasteiger partial charge on any atom is -0.395 e. The van der Waals surface area contributed by atoms with Crippen molar-refractivity contribution in [3.63, 3.8) is 0 Å². The van der Waals surface area contributed by atoms with Crippen LogP contribution < -0.4 is 0 Å². The molecule has 2 aromatic heterocycles. The Morgan fingerprint density at radius 3 is 2.56 bits per heavy atom. The van der Waals surface area contributed by atoms with Crippen molar-refractivity contribution in [2.24, 2.45) is 0 Å². The van der Waals surface area contributed by atoms with E-state index in [1.54, 1.807) is 0 Å². The summed E-state index contributed by atoms with van der Waals surface area (Å²) in [4.78, 5) is 4.66. The number of nitrogens with zero attached hydrogens (tertiary/aromatic N) is 3. The van der Waals surface area contributed by atoms with Gasteiger partial charge in [0.25, 0.3) is 0 Å². The molecule has 0 unspecified atom stereocenters. The van der Waals surface area contributed by atoms with Gasteiger partial charge in [-0.25, -0.2) is 4.98 Å². The van der Waals surface area contributed by atoms with E-state index in [2.05, 4.69) is 59.1 Å². The third-order valence-electron chi connectivity index (χ3n) is 4.64. The van der Waals surface area contributed by atoms with Crippen LogP contribution in [0.1, 0.15) is 6.92 Å². The maximum absolute atomic E-state index is 9.47. The molecule has 0 aliphatic heterocycles. The Morgan fingerprint density at radius 1 is 0.960 bits per heavy atom. The number of fused-ring (bicyclic) bond motifs is 1. The van der Waals surface area contributed by atoms with Crippen molar-refractivity contribution in [1.82, 2.24) is 14.1 Å². The molecule has 1 N–H and O–H groups in total. The van der Waals surface area contributed by atoms with Gasteiger partial charge in [0, 0.05) is 41.3 Å². The fourth-order valence-electron chi connectivity index (χ4n) is 3.45.